The summed E-state index contributed by atoms with van der Waals surface area (Å²) in [6.45, 7) is -0.0899. The van der Waals surface area contributed by atoms with E-state index in [0.29, 0.717) is 5.56 Å². The van der Waals surface area contributed by atoms with Gasteiger partial charge in [-0.05, 0) is 29.8 Å². The summed E-state index contributed by atoms with van der Waals surface area (Å²) in [5.74, 6) is -1.83. The summed E-state index contributed by atoms with van der Waals surface area (Å²) >= 11 is 0. The highest BCUT2D eigenvalue weighted by molar-refractivity contribution is 5.95. The van der Waals surface area contributed by atoms with Gasteiger partial charge in [0.25, 0.3) is 5.91 Å². The van der Waals surface area contributed by atoms with Crippen LogP contribution in [0, 0.1) is 0 Å². The summed E-state index contributed by atoms with van der Waals surface area (Å²) in [5.41, 5.74) is 5.71. The number of primary amides is 1. The number of phenols is 1. The van der Waals surface area contributed by atoms with Crippen LogP contribution in [0.1, 0.15) is 22.3 Å². The SMILES string of the molecule is NC(=O)c1ccc(O)cc1O[C@@H]1CCN(C(=O)Cc2ccc(OC(F)(F)F)cc2)C[C@@H]1F. The van der Waals surface area contributed by atoms with Gasteiger partial charge in [0.05, 0.1) is 18.5 Å². The number of amides is 2. The molecule has 3 N–H and O–H groups in total. The molecular weight excluding hydrogens is 436 g/mol. The van der Waals surface area contributed by atoms with Crippen LogP contribution >= 0.6 is 0 Å². The Morgan fingerprint density at radius 3 is 2.44 bits per heavy atom. The minimum absolute atomic E-state index is 0.00791. The summed E-state index contributed by atoms with van der Waals surface area (Å²) in [6, 6.07) is 8.53. The molecule has 2 atom stereocenters. The first kappa shape index (κ1) is 23.2. The molecule has 0 unspecified atom stereocenters. The zero-order valence-corrected chi connectivity index (χ0v) is 16.6. The molecule has 3 rings (SSSR count). The molecule has 7 nitrogen and oxygen atoms in total. The maximum atomic E-state index is 14.7. The van der Waals surface area contributed by atoms with Gasteiger partial charge in [-0.15, -0.1) is 13.2 Å². The molecular formula is C21H20F4N2O5. The summed E-state index contributed by atoms with van der Waals surface area (Å²) in [5, 5.41) is 9.60. The number of carbonyl (C=O) groups excluding carboxylic acids is 2. The Bertz CT molecular complexity index is 981. The number of likely N-dealkylation sites (tertiary alicyclic amines) is 1. The van der Waals surface area contributed by atoms with Gasteiger partial charge in [-0.25, -0.2) is 4.39 Å². The lowest BCUT2D eigenvalue weighted by molar-refractivity contribution is -0.274. The van der Waals surface area contributed by atoms with E-state index in [1.165, 1.54) is 29.2 Å². The minimum Gasteiger partial charge on any atom is -0.508 e. The number of phenolic OH excluding ortho intramolecular Hbond substituents is 1. The zero-order chi connectivity index (χ0) is 23.5. The van der Waals surface area contributed by atoms with Crippen molar-refractivity contribution >= 4 is 11.8 Å². The number of hydrogen-bond acceptors (Lipinski definition) is 5. The van der Waals surface area contributed by atoms with Gasteiger partial charge in [0.15, 0.2) is 6.17 Å². The highest BCUT2D eigenvalue weighted by atomic mass is 19.4. The van der Waals surface area contributed by atoms with E-state index in [9.17, 15) is 32.3 Å². The smallest absolute Gasteiger partial charge is 0.508 e. The highest BCUT2D eigenvalue weighted by Gasteiger charge is 2.34. The Balaban J connectivity index is 1.58. The average molecular weight is 456 g/mol. The number of hydrogen-bond donors (Lipinski definition) is 2. The van der Waals surface area contributed by atoms with Crippen LogP contribution in [0.2, 0.25) is 0 Å². The largest absolute Gasteiger partial charge is 0.573 e. The Labute approximate surface area is 180 Å². The van der Waals surface area contributed by atoms with Crippen LogP contribution < -0.4 is 15.2 Å². The molecule has 2 aromatic rings. The van der Waals surface area contributed by atoms with E-state index in [4.69, 9.17) is 10.5 Å². The summed E-state index contributed by atoms with van der Waals surface area (Å²) in [6.07, 6.45) is -7.34. The molecule has 0 aliphatic carbocycles. The molecule has 0 bridgehead atoms. The molecule has 11 heteroatoms. The van der Waals surface area contributed by atoms with Gasteiger partial charge in [0, 0.05) is 19.0 Å². The van der Waals surface area contributed by atoms with Crippen LogP contribution in [0.15, 0.2) is 42.5 Å². The molecule has 172 valence electrons. The average Bonchev–Trinajstić information content (AvgIpc) is 2.69. The highest BCUT2D eigenvalue weighted by Crippen LogP contribution is 2.28. The van der Waals surface area contributed by atoms with Crippen molar-refractivity contribution in [1.82, 2.24) is 4.90 Å². The minimum atomic E-state index is -4.81. The lowest BCUT2D eigenvalue weighted by atomic mass is 10.0. The Kier molecular flexibility index (Phi) is 6.75. The van der Waals surface area contributed by atoms with Crippen molar-refractivity contribution in [3.8, 4) is 17.2 Å². The quantitative estimate of drug-likeness (QED) is 0.651. The molecule has 0 spiro atoms. The number of aromatic hydroxyl groups is 1. The van der Waals surface area contributed by atoms with Crippen molar-refractivity contribution in [1.29, 1.82) is 0 Å². The lowest BCUT2D eigenvalue weighted by Crippen LogP contribution is -2.49. The lowest BCUT2D eigenvalue weighted by Gasteiger charge is -2.35. The van der Waals surface area contributed by atoms with Crippen LogP contribution in [0.25, 0.3) is 0 Å². The predicted octanol–water partition coefficient (Wildman–Crippen LogP) is 2.95. The molecule has 0 aromatic heterocycles. The van der Waals surface area contributed by atoms with E-state index in [-0.39, 0.29) is 43.0 Å². The van der Waals surface area contributed by atoms with E-state index in [2.05, 4.69) is 4.74 Å². The second-order valence-electron chi connectivity index (χ2n) is 7.21. The molecule has 0 radical (unpaired) electrons. The number of nitrogens with two attached hydrogens (primary N) is 1. The summed E-state index contributed by atoms with van der Waals surface area (Å²) in [4.78, 5) is 25.3. The van der Waals surface area contributed by atoms with Gasteiger partial charge in [0.2, 0.25) is 5.91 Å². The molecule has 1 aliphatic rings. The third-order valence-corrected chi connectivity index (χ3v) is 4.86. The fourth-order valence-corrected chi connectivity index (χ4v) is 3.31. The fourth-order valence-electron chi connectivity index (χ4n) is 3.31. The molecule has 2 amide bonds. The van der Waals surface area contributed by atoms with E-state index < -0.39 is 36.2 Å². The normalized spacial score (nSPS) is 18.8. The third kappa shape index (κ3) is 6.02. The molecule has 1 fully saturated rings. The van der Waals surface area contributed by atoms with Crippen molar-refractivity contribution in [2.24, 2.45) is 5.73 Å². The number of ether oxygens (including phenoxy) is 2. The van der Waals surface area contributed by atoms with E-state index >= 15 is 0 Å². The Hall–Kier alpha value is -3.50. The van der Waals surface area contributed by atoms with E-state index in [1.807, 2.05) is 0 Å². The first-order chi connectivity index (χ1) is 15.0. The van der Waals surface area contributed by atoms with Crippen LogP contribution in [-0.2, 0) is 11.2 Å². The molecule has 2 aromatic carbocycles. The van der Waals surface area contributed by atoms with Crippen molar-refractivity contribution in [3.05, 3.63) is 53.6 Å². The molecule has 32 heavy (non-hydrogen) atoms. The van der Waals surface area contributed by atoms with Gasteiger partial charge < -0.3 is 25.2 Å². The second kappa shape index (κ2) is 9.33. The van der Waals surface area contributed by atoms with E-state index in [1.54, 1.807) is 0 Å². The number of piperidine rings is 1. The molecule has 1 aliphatic heterocycles. The van der Waals surface area contributed by atoms with Gasteiger partial charge >= 0.3 is 6.36 Å². The maximum Gasteiger partial charge on any atom is 0.573 e. The van der Waals surface area contributed by atoms with E-state index in [0.717, 1.165) is 18.2 Å². The standard InChI is InChI=1S/C21H20F4N2O5/c22-16-11-27(19(29)9-12-1-4-14(5-2-12)32-21(23,24)25)8-7-17(16)31-18-10-13(28)3-6-15(18)20(26)30/h1-6,10,16-17,28H,7-9,11H2,(H2,26,30)/t16-,17+/m0/s1. The number of carbonyl (C=O) groups is 2. The summed E-state index contributed by atoms with van der Waals surface area (Å²) in [7, 11) is 0. The maximum absolute atomic E-state index is 14.7. The first-order valence-electron chi connectivity index (χ1n) is 9.58. The van der Waals surface area contributed by atoms with Gasteiger partial charge in [0.1, 0.15) is 23.4 Å². The Morgan fingerprint density at radius 2 is 1.84 bits per heavy atom. The van der Waals surface area contributed by atoms with Crippen LogP contribution in [0.5, 0.6) is 17.2 Å². The number of rotatable bonds is 6. The molecule has 1 saturated heterocycles. The Morgan fingerprint density at radius 1 is 1.16 bits per heavy atom. The third-order valence-electron chi connectivity index (χ3n) is 4.86. The number of nitrogens with zero attached hydrogens (tertiary/aromatic N) is 1. The fraction of sp³-hybridized carbons (Fsp3) is 0.333. The number of halogens is 4. The van der Waals surface area contributed by atoms with Gasteiger partial charge in [-0.1, -0.05) is 12.1 Å². The van der Waals surface area contributed by atoms with Crippen molar-refractivity contribution < 1.29 is 41.7 Å². The molecule has 1 heterocycles. The van der Waals surface area contributed by atoms with Gasteiger partial charge in [-0.2, -0.15) is 0 Å². The van der Waals surface area contributed by atoms with Crippen molar-refractivity contribution in [2.45, 2.75) is 31.5 Å². The van der Waals surface area contributed by atoms with Gasteiger partial charge in [-0.3, -0.25) is 9.59 Å². The zero-order valence-electron chi connectivity index (χ0n) is 16.6. The van der Waals surface area contributed by atoms with Crippen LogP contribution in [0.3, 0.4) is 0 Å². The predicted molar refractivity (Wildman–Crippen MR) is 104 cm³/mol. The number of alkyl halides is 4. The van der Waals surface area contributed by atoms with Crippen molar-refractivity contribution in [3.63, 3.8) is 0 Å². The summed E-state index contributed by atoms with van der Waals surface area (Å²) < 4.78 is 60.7. The second-order valence-corrected chi connectivity index (χ2v) is 7.21. The topological polar surface area (TPSA) is 102 Å². The van der Waals surface area contributed by atoms with Crippen LogP contribution in [0.4, 0.5) is 17.6 Å². The monoisotopic (exact) mass is 456 g/mol. The van der Waals surface area contributed by atoms with Crippen LogP contribution in [-0.4, -0.2) is 53.5 Å². The number of benzene rings is 2. The molecule has 0 saturated carbocycles. The van der Waals surface area contributed by atoms with Crippen molar-refractivity contribution in [2.75, 3.05) is 13.1 Å². The first-order valence-corrected chi connectivity index (χ1v) is 9.58.